The third-order valence-corrected chi connectivity index (χ3v) is 10.3. The Hall–Kier alpha value is 0.708. The molecule has 1 heterocycles. The van der Waals surface area contributed by atoms with Crippen LogP contribution in [0.4, 0.5) is 0 Å². The van der Waals surface area contributed by atoms with Crippen LogP contribution in [0.15, 0.2) is 0 Å². The van der Waals surface area contributed by atoms with Crippen molar-refractivity contribution in [1.29, 1.82) is 0 Å². The summed E-state index contributed by atoms with van der Waals surface area (Å²) >= 11 is 0. The lowest BCUT2D eigenvalue weighted by molar-refractivity contribution is 0.291. The standard InChI is InChI=1S/C4H12O4Si4/c1-10-5-9-6-12(3,4)8-11(2)7-10/h1-4H3. The summed E-state index contributed by atoms with van der Waals surface area (Å²) in [7, 11) is -4.12. The van der Waals surface area contributed by atoms with Gasteiger partial charge in [-0.15, -0.1) is 0 Å². The molecule has 4 radical (unpaired) electrons. The molecule has 0 aromatic rings. The van der Waals surface area contributed by atoms with E-state index in [1.807, 2.05) is 26.2 Å². The molecule has 0 amide bonds. The topological polar surface area (TPSA) is 36.9 Å². The molecule has 1 aliphatic rings. The average Bonchev–Trinajstić information content (AvgIpc) is 1.81. The van der Waals surface area contributed by atoms with Gasteiger partial charge in [0.05, 0.1) is 0 Å². The summed E-state index contributed by atoms with van der Waals surface area (Å²) in [5, 5.41) is 0. The predicted octanol–water partition coefficient (Wildman–Crippen LogP) is 0.538. The van der Waals surface area contributed by atoms with Gasteiger partial charge in [-0.2, -0.15) is 0 Å². The van der Waals surface area contributed by atoms with Gasteiger partial charge in [-0.05, 0) is 26.2 Å². The zero-order valence-corrected chi connectivity index (χ0v) is 11.6. The second kappa shape index (κ2) is 4.28. The molecule has 1 fully saturated rings. The fourth-order valence-corrected chi connectivity index (χ4v) is 8.62. The van der Waals surface area contributed by atoms with Crippen molar-refractivity contribution in [2.75, 3.05) is 0 Å². The minimum Gasteiger partial charge on any atom is -0.415 e. The van der Waals surface area contributed by atoms with Gasteiger partial charge in [0.15, 0.2) is 0 Å². The number of hydrogen-bond acceptors (Lipinski definition) is 4. The minimum atomic E-state index is -1.94. The first-order chi connectivity index (χ1) is 5.49. The maximum Gasteiger partial charge on any atom is 0.413 e. The zero-order chi connectivity index (χ0) is 9.19. The van der Waals surface area contributed by atoms with E-state index in [0.29, 0.717) is 0 Å². The Labute approximate surface area is 80.2 Å². The van der Waals surface area contributed by atoms with Crippen LogP contribution in [0.3, 0.4) is 0 Å². The van der Waals surface area contributed by atoms with Gasteiger partial charge in [0, 0.05) is 0 Å². The minimum absolute atomic E-state index is 0.0850. The second-order valence-corrected chi connectivity index (χ2v) is 11.1. The third kappa shape index (κ3) is 3.61. The SMILES string of the molecule is C[Si]1O[Si]O[Si](C)(C)O[Si](C)O1. The Kier molecular flexibility index (Phi) is 3.85. The highest BCUT2D eigenvalue weighted by atomic mass is 28.5. The molecule has 0 N–H and O–H groups in total. The van der Waals surface area contributed by atoms with Crippen molar-refractivity contribution in [1.82, 2.24) is 0 Å². The molecule has 1 rings (SSSR count). The highest BCUT2D eigenvalue weighted by Gasteiger charge is 2.33. The molecular weight excluding hydrogens is 224 g/mol. The van der Waals surface area contributed by atoms with Crippen molar-refractivity contribution >= 4 is 37.1 Å². The van der Waals surface area contributed by atoms with E-state index >= 15 is 0 Å². The summed E-state index contributed by atoms with van der Waals surface area (Å²) in [6.07, 6.45) is 0. The van der Waals surface area contributed by atoms with E-state index in [1.54, 1.807) is 0 Å². The van der Waals surface area contributed by atoms with Gasteiger partial charge in [0.25, 0.3) is 0 Å². The Balaban J connectivity index is 2.48. The smallest absolute Gasteiger partial charge is 0.413 e. The summed E-state index contributed by atoms with van der Waals surface area (Å²) in [4.78, 5) is 0. The van der Waals surface area contributed by atoms with Crippen molar-refractivity contribution in [3.8, 4) is 0 Å². The van der Waals surface area contributed by atoms with E-state index in [0.717, 1.165) is 0 Å². The summed E-state index contributed by atoms with van der Waals surface area (Å²) in [6, 6.07) is 0. The Morgan fingerprint density at radius 3 is 2.50 bits per heavy atom. The molecule has 0 atom stereocenters. The lowest BCUT2D eigenvalue weighted by Gasteiger charge is -2.29. The second-order valence-electron chi connectivity index (χ2n) is 2.87. The highest BCUT2D eigenvalue weighted by Crippen LogP contribution is 2.11. The van der Waals surface area contributed by atoms with Crippen LogP contribution in [0.25, 0.3) is 0 Å². The molecule has 0 unspecified atom stereocenters. The molecular formula is C4H12O4Si4. The predicted molar refractivity (Wildman–Crippen MR) is 50.8 cm³/mol. The fraction of sp³-hybridized carbons (Fsp3) is 1.00. The molecule has 8 heteroatoms. The van der Waals surface area contributed by atoms with E-state index in [2.05, 4.69) is 0 Å². The molecule has 0 bridgehead atoms. The number of hydrogen-bond donors (Lipinski definition) is 0. The van der Waals surface area contributed by atoms with E-state index in [4.69, 9.17) is 16.5 Å². The highest BCUT2D eigenvalue weighted by molar-refractivity contribution is 6.77. The van der Waals surface area contributed by atoms with Crippen LogP contribution in [-0.2, 0) is 16.5 Å². The molecule has 0 spiro atoms. The lowest BCUT2D eigenvalue weighted by Crippen LogP contribution is -2.47. The quantitative estimate of drug-likeness (QED) is 0.575. The number of rotatable bonds is 0. The Morgan fingerprint density at radius 1 is 1.17 bits per heavy atom. The van der Waals surface area contributed by atoms with Crippen LogP contribution in [-0.4, -0.2) is 37.1 Å². The first-order valence-electron chi connectivity index (χ1n) is 3.63. The van der Waals surface area contributed by atoms with Crippen LogP contribution in [0.2, 0.25) is 26.2 Å². The lowest BCUT2D eigenvalue weighted by atomic mass is 11.9. The van der Waals surface area contributed by atoms with Gasteiger partial charge in [-0.1, -0.05) is 0 Å². The van der Waals surface area contributed by atoms with Gasteiger partial charge >= 0.3 is 37.1 Å². The van der Waals surface area contributed by atoms with Crippen LogP contribution in [0, 0.1) is 0 Å². The first kappa shape index (κ1) is 10.8. The molecule has 0 aromatic heterocycles. The molecule has 0 aromatic carbocycles. The molecule has 1 aliphatic heterocycles. The summed E-state index contributed by atoms with van der Waals surface area (Å²) < 4.78 is 22.1. The van der Waals surface area contributed by atoms with Gasteiger partial charge in [0.1, 0.15) is 0 Å². The summed E-state index contributed by atoms with van der Waals surface area (Å²) in [5.74, 6) is 0. The van der Waals surface area contributed by atoms with E-state index < -0.39 is 27.1 Å². The van der Waals surface area contributed by atoms with E-state index in [-0.39, 0.29) is 10.0 Å². The molecule has 0 aliphatic carbocycles. The normalized spacial score (nSPS) is 28.0. The molecule has 68 valence electrons. The molecule has 4 nitrogen and oxygen atoms in total. The van der Waals surface area contributed by atoms with Gasteiger partial charge < -0.3 is 16.5 Å². The first-order valence-corrected chi connectivity index (χ1v) is 10.9. The van der Waals surface area contributed by atoms with Crippen LogP contribution in [0.5, 0.6) is 0 Å². The van der Waals surface area contributed by atoms with Crippen molar-refractivity contribution in [3.63, 3.8) is 0 Å². The molecule has 0 saturated carbocycles. The summed E-state index contributed by atoms with van der Waals surface area (Å²) in [5.41, 5.74) is 0. The Morgan fingerprint density at radius 2 is 1.83 bits per heavy atom. The van der Waals surface area contributed by atoms with Crippen molar-refractivity contribution in [3.05, 3.63) is 0 Å². The van der Waals surface area contributed by atoms with Gasteiger partial charge in [-0.25, -0.2) is 0 Å². The van der Waals surface area contributed by atoms with Crippen LogP contribution < -0.4 is 0 Å². The van der Waals surface area contributed by atoms with Crippen molar-refractivity contribution in [2.24, 2.45) is 0 Å². The summed E-state index contributed by atoms with van der Waals surface area (Å²) in [6.45, 7) is 7.95. The zero-order valence-electron chi connectivity index (χ0n) is 7.63. The van der Waals surface area contributed by atoms with E-state index in [9.17, 15) is 0 Å². The van der Waals surface area contributed by atoms with Crippen LogP contribution in [0.1, 0.15) is 0 Å². The van der Waals surface area contributed by atoms with Crippen molar-refractivity contribution < 1.29 is 16.5 Å². The molecule has 1 saturated heterocycles. The van der Waals surface area contributed by atoms with E-state index in [1.165, 1.54) is 0 Å². The fourth-order valence-electron chi connectivity index (χ4n) is 0.791. The maximum atomic E-state index is 5.70. The molecule has 12 heavy (non-hydrogen) atoms. The monoisotopic (exact) mass is 236 g/mol. The van der Waals surface area contributed by atoms with Gasteiger partial charge in [0.2, 0.25) is 0 Å². The Bertz CT molecular complexity index is 154. The third-order valence-electron chi connectivity index (χ3n) is 1.15. The maximum absolute atomic E-state index is 5.70. The van der Waals surface area contributed by atoms with Crippen molar-refractivity contribution in [2.45, 2.75) is 26.2 Å². The van der Waals surface area contributed by atoms with Gasteiger partial charge in [-0.3, -0.25) is 0 Å². The largest absolute Gasteiger partial charge is 0.415 e. The average molecular weight is 236 g/mol. The van der Waals surface area contributed by atoms with Crippen LogP contribution >= 0.6 is 0 Å².